The van der Waals surface area contributed by atoms with E-state index in [0.29, 0.717) is 11.5 Å². The maximum Gasteiger partial charge on any atom is 0.277 e. The van der Waals surface area contributed by atoms with Crippen LogP contribution in [0, 0.1) is 6.92 Å². The third-order valence-electron chi connectivity index (χ3n) is 3.75. The molecule has 0 unspecified atom stereocenters. The van der Waals surface area contributed by atoms with Gasteiger partial charge in [0.25, 0.3) is 5.91 Å². The zero-order chi connectivity index (χ0) is 14.7. The highest BCUT2D eigenvalue weighted by Crippen LogP contribution is 2.17. The van der Waals surface area contributed by atoms with Crippen molar-refractivity contribution in [3.05, 3.63) is 47.7 Å². The molecule has 21 heavy (non-hydrogen) atoms. The minimum atomic E-state index is -0.237. The van der Waals surface area contributed by atoms with Gasteiger partial charge in [-0.25, -0.2) is 4.98 Å². The quantitative estimate of drug-likeness (QED) is 0.938. The Hall–Kier alpha value is -2.14. The lowest BCUT2D eigenvalue weighted by Crippen LogP contribution is -2.18. The smallest absolute Gasteiger partial charge is 0.277 e. The van der Waals surface area contributed by atoms with Crippen LogP contribution in [0.15, 0.2) is 35.1 Å². The topological polar surface area (TPSA) is 58.4 Å². The van der Waals surface area contributed by atoms with Gasteiger partial charge in [0.2, 0.25) is 0 Å². The molecule has 1 N–H and O–H groups in total. The monoisotopic (exact) mass is 285 g/mol. The second-order valence-corrected chi connectivity index (χ2v) is 5.39. The van der Waals surface area contributed by atoms with E-state index in [1.807, 2.05) is 18.2 Å². The number of benzene rings is 1. The summed E-state index contributed by atoms with van der Waals surface area (Å²) in [6, 6.07) is 7.97. The minimum Gasteiger partial charge on any atom is -0.448 e. The van der Waals surface area contributed by atoms with Gasteiger partial charge in [0.05, 0.1) is 0 Å². The van der Waals surface area contributed by atoms with Crippen LogP contribution >= 0.6 is 0 Å². The summed E-state index contributed by atoms with van der Waals surface area (Å²) in [6.07, 6.45) is 3.85. The van der Waals surface area contributed by atoms with Crippen LogP contribution in [-0.2, 0) is 6.54 Å². The average Bonchev–Trinajstić information content (AvgIpc) is 3.10. The van der Waals surface area contributed by atoms with Crippen LogP contribution in [0.1, 0.15) is 34.7 Å². The summed E-state index contributed by atoms with van der Waals surface area (Å²) in [5.41, 5.74) is 2.34. The molecule has 0 saturated carbocycles. The fourth-order valence-corrected chi connectivity index (χ4v) is 2.66. The van der Waals surface area contributed by atoms with Crippen molar-refractivity contribution >= 4 is 11.6 Å². The van der Waals surface area contributed by atoms with E-state index in [2.05, 4.69) is 21.3 Å². The number of hydrogen-bond donors (Lipinski definition) is 1. The molecule has 1 aromatic carbocycles. The average molecular weight is 285 g/mol. The largest absolute Gasteiger partial charge is 0.448 e. The predicted molar refractivity (Wildman–Crippen MR) is 80.1 cm³/mol. The van der Waals surface area contributed by atoms with Gasteiger partial charge >= 0.3 is 0 Å². The van der Waals surface area contributed by atoms with Crippen LogP contribution in [0.3, 0.4) is 0 Å². The van der Waals surface area contributed by atoms with E-state index in [0.717, 1.165) is 25.3 Å². The number of hydrogen-bond acceptors (Lipinski definition) is 4. The first-order valence-corrected chi connectivity index (χ1v) is 7.25. The second kappa shape index (κ2) is 6.10. The van der Waals surface area contributed by atoms with Gasteiger partial charge in [-0.3, -0.25) is 9.69 Å². The van der Waals surface area contributed by atoms with E-state index >= 15 is 0 Å². The molecule has 2 aromatic rings. The van der Waals surface area contributed by atoms with Crippen LogP contribution in [0.2, 0.25) is 0 Å². The van der Waals surface area contributed by atoms with Gasteiger partial charge in [0.15, 0.2) is 12.1 Å². The molecule has 0 radical (unpaired) electrons. The van der Waals surface area contributed by atoms with Crippen molar-refractivity contribution in [2.75, 3.05) is 18.4 Å². The molecule has 1 aliphatic heterocycles. The number of likely N-dealkylation sites (tertiary alicyclic amines) is 1. The molecule has 0 spiro atoms. The Bertz CT molecular complexity index is 630. The zero-order valence-corrected chi connectivity index (χ0v) is 12.1. The lowest BCUT2D eigenvalue weighted by atomic mass is 10.2. The number of oxazole rings is 1. The van der Waals surface area contributed by atoms with Crippen LogP contribution in [0.25, 0.3) is 0 Å². The normalized spacial score (nSPS) is 15.3. The van der Waals surface area contributed by atoms with Gasteiger partial charge in [0, 0.05) is 12.2 Å². The molecule has 1 aliphatic rings. The first-order chi connectivity index (χ1) is 10.2. The third-order valence-corrected chi connectivity index (χ3v) is 3.75. The van der Waals surface area contributed by atoms with Crippen molar-refractivity contribution in [1.29, 1.82) is 0 Å². The van der Waals surface area contributed by atoms with Crippen molar-refractivity contribution in [3.8, 4) is 0 Å². The van der Waals surface area contributed by atoms with Gasteiger partial charge in [-0.2, -0.15) is 0 Å². The number of nitrogens with zero attached hydrogens (tertiary/aromatic N) is 2. The molecule has 2 heterocycles. The SMILES string of the molecule is Cc1ocnc1C(=O)Nc1cccc(CN2CCCC2)c1. The molecule has 5 heteroatoms. The Balaban J connectivity index is 1.68. The summed E-state index contributed by atoms with van der Waals surface area (Å²) in [6.45, 7) is 4.99. The zero-order valence-electron chi connectivity index (χ0n) is 12.1. The molecule has 0 atom stereocenters. The van der Waals surface area contributed by atoms with Crippen molar-refractivity contribution in [2.45, 2.75) is 26.3 Å². The van der Waals surface area contributed by atoms with Crippen molar-refractivity contribution in [1.82, 2.24) is 9.88 Å². The van der Waals surface area contributed by atoms with Crippen LogP contribution in [-0.4, -0.2) is 28.9 Å². The molecular weight excluding hydrogens is 266 g/mol. The van der Waals surface area contributed by atoms with Crippen LogP contribution < -0.4 is 5.32 Å². The highest BCUT2D eigenvalue weighted by Gasteiger charge is 2.15. The van der Waals surface area contributed by atoms with E-state index in [4.69, 9.17) is 4.42 Å². The Labute approximate surface area is 124 Å². The summed E-state index contributed by atoms with van der Waals surface area (Å²) < 4.78 is 5.06. The number of carbonyl (C=O) groups is 1. The Morgan fingerprint density at radius 1 is 1.38 bits per heavy atom. The predicted octanol–water partition coefficient (Wildman–Crippen LogP) is 2.83. The molecule has 0 aliphatic carbocycles. The molecular formula is C16H19N3O2. The minimum absolute atomic E-state index is 0.237. The molecule has 3 rings (SSSR count). The van der Waals surface area contributed by atoms with E-state index < -0.39 is 0 Å². The number of aryl methyl sites for hydroxylation is 1. The second-order valence-electron chi connectivity index (χ2n) is 5.39. The van der Waals surface area contributed by atoms with Crippen molar-refractivity contribution in [2.24, 2.45) is 0 Å². The number of rotatable bonds is 4. The number of carbonyl (C=O) groups excluding carboxylic acids is 1. The van der Waals surface area contributed by atoms with E-state index in [9.17, 15) is 4.79 Å². The first kappa shape index (κ1) is 13.8. The number of amides is 1. The van der Waals surface area contributed by atoms with Crippen LogP contribution in [0.4, 0.5) is 5.69 Å². The highest BCUT2D eigenvalue weighted by molar-refractivity contribution is 6.03. The number of aromatic nitrogens is 1. The van der Waals surface area contributed by atoms with E-state index in [1.54, 1.807) is 6.92 Å². The molecule has 5 nitrogen and oxygen atoms in total. The Kier molecular flexibility index (Phi) is 4.01. The summed E-state index contributed by atoms with van der Waals surface area (Å²) in [5, 5.41) is 2.87. The molecule has 0 bridgehead atoms. The third kappa shape index (κ3) is 3.31. The summed E-state index contributed by atoms with van der Waals surface area (Å²) in [4.78, 5) is 18.5. The maximum atomic E-state index is 12.1. The Morgan fingerprint density at radius 3 is 2.90 bits per heavy atom. The van der Waals surface area contributed by atoms with Gasteiger partial charge in [-0.05, 0) is 50.6 Å². The van der Waals surface area contributed by atoms with E-state index in [1.165, 1.54) is 24.8 Å². The van der Waals surface area contributed by atoms with Crippen molar-refractivity contribution in [3.63, 3.8) is 0 Å². The summed E-state index contributed by atoms with van der Waals surface area (Å²) in [5.74, 6) is 0.292. The fraction of sp³-hybridized carbons (Fsp3) is 0.375. The number of anilines is 1. The molecule has 1 fully saturated rings. The lowest BCUT2D eigenvalue weighted by molar-refractivity contribution is 0.102. The summed E-state index contributed by atoms with van der Waals surface area (Å²) >= 11 is 0. The number of nitrogens with one attached hydrogen (secondary N) is 1. The van der Waals surface area contributed by atoms with Gasteiger partial charge in [-0.1, -0.05) is 12.1 Å². The van der Waals surface area contributed by atoms with Gasteiger partial charge in [0.1, 0.15) is 5.76 Å². The molecule has 110 valence electrons. The molecule has 1 saturated heterocycles. The van der Waals surface area contributed by atoms with Gasteiger partial charge < -0.3 is 9.73 Å². The maximum absolute atomic E-state index is 12.1. The van der Waals surface area contributed by atoms with Crippen LogP contribution in [0.5, 0.6) is 0 Å². The molecule has 1 aromatic heterocycles. The van der Waals surface area contributed by atoms with Crippen molar-refractivity contribution < 1.29 is 9.21 Å². The Morgan fingerprint density at radius 2 is 2.19 bits per heavy atom. The molecule has 1 amide bonds. The lowest BCUT2D eigenvalue weighted by Gasteiger charge is -2.15. The summed E-state index contributed by atoms with van der Waals surface area (Å²) in [7, 11) is 0. The van der Waals surface area contributed by atoms with Gasteiger partial charge in [-0.15, -0.1) is 0 Å². The van der Waals surface area contributed by atoms with E-state index in [-0.39, 0.29) is 5.91 Å². The first-order valence-electron chi connectivity index (χ1n) is 7.25. The standard InChI is InChI=1S/C16H19N3O2/c1-12-15(17-11-21-12)16(20)18-14-6-4-5-13(9-14)10-19-7-2-3-8-19/h4-6,9,11H,2-3,7-8,10H2,1H3,(H,18,20). The fourth-order valence-electron chi connectivity index (χ4n) is 2.66. The highest BCUT2D eigenvalue weighted by atomic mass is 16.3.